The fourth-order valence-corrected chi connectivity index (χ4v) is 4.47. The summed E-state index contributed by atoms with van der Waals surface area (Å²) < 4.78 is 15.2. The highest BCUT2D eigenvalue weighted by molar-refractivity contribution is 6.33. The molecule has 1 heterocycles. The second-order valence-electron chi connectivity index (χ2n) is 8.03. The highest BCUT2D eigenvalue weighted by Gasteiger charge is 2.27. The zero-order chi connectivity index (χ0) is 22.2. The Morgan fingerprint density at radius 1 is 1.09 bits per heavy atom. The summed E-state index contributed by atoms with van der Waals surface area (Å²) >= 11 is 6.44. The lowest BCUT2D eigenvalue weighted by atomic mass is 10.1. The number of rotatable bonds is 4. The first-order chi connectivity index (χ1) is 15.5. The number of aromatic nitrogens is 2. The Balaban J connectivity index is 1.63. The van der Waals surface area contributed by atoms with E-state index in [1.165, 1.54) is 12.1 Å². The lowest BCUT2D eigenvalue weighted by Gasteiger charge is -2.16. The van der Waals surface area contributed by atoms with Crippen LogP contribution >= 0.6 is 11.6 Å². The molecule has 0 unspecified atom stereocenters. The first-order valence-electron chi connectivity index (χ1n) is 10.5. The lowest BCUT2D eigenvalue weighted by molar-refractivity contribution is 0.0873. The lowest BCUT2D eigenvalue weighted by Crippen LogP contribution is -2.39. The minimum Gasteiger partial charge on any atom is -0.391 e. The molecule has 0 aliphatic heterocycles. The summed E-state index contributed by atoms with van der Waals surface area (Å²) in [5.41, 5.74) is 3.27. The van der Waals surface area contributed by atoms with Gasteiger partial charge in [-0.2, -0.15) is 5.10 Å². The van der Waals surface area contributed by atoms with E-state index in [0.29, 0.717) is 33.9 Å². The van der Waals surface area contributed by atoms with Crippen LogP contribution in [0, 0.1) is 5.82 Å². The van der Waals surface area contributed by atoms with Crippen molar-refractivity contribution in [2.45, 2.75) is 31.4 Å². The van der Waals surface area contributed by atoms with Crippen LogP contribution in [0.1, 0.15) is 29.6 Å². The van der Waals surface area contributed by atoms with Gasteiger partial charge in [-0.3, -0.25) is 4.79 Å². The number of halogens is 2. The van der Waals surface area contributed by atoms with Gasteiger partial charge in [0, 0.05) is 16.5 Å². The van der Waals surface area contributed by atoms with E-state index in [9.17, 15) is 14.3 Å². The second kappa shape index (κ2) is 8.37. The highest BCUT2D eigenvalue weighted by Crippen LogP contribution is 2.34. The molecule has 0 bridgehead atoms. The normalized spacial score (nSPS) is 18.2. The predicted octanol–water partition coefficient (Wildman–Crippen LogP) is 5.13. The van der Waals surface area contributed by atoms with Crippen molar-refractivity contribution in [3.63, 3.8) is 0 Å². The molecule has 2 atom stereocenters. The minimum atomic E-state index is -0.515. The third-order valence-corrected chi connectivity index (χ3v) is 6.27. The number of nitrogens with one attached hydrogen (secondary N) is 1. The average Bonchev–Trinajstić information content (AvgIpc) is 3.37. The van der Waals surface area contributed by atoms with Gasteiger partial charge in [-0.1, -0.05) is 29.8 Å². The number of nitrogens with zero attached hydrogens (tertiary/aromatic N) is 2. The fourth-order valence-electron chi connectivity index (χ4n) is 4.25. The quantitative estimate of drug-likeness (QED) is 0.454. The molecule has 7 heteroatoms. The highest BCUT2D eigenvalue weighted by atomic mass is 35.5. The summed E-state index contributed by atoms with van der Waals surface area (Å²) in [6.07, 6.45) is 1.84. The Morgan fingerprint density at radius 3 is 2.59 bits per heavy atom. The van der Waals surface area contributed by atoms with E-state index >= 15 is 0 Å². The predicted molar refractivity (Wildman–Crippen MR) is 123 cm³/mol. The van der Waals surface area contributed by atoms with Gasteiger partial charge in [0.2, 0.25) is 0 Å². The smallest absolute Gasteiger partial charge is 0.251 e. The van der Waals surface area contributed by atoms with E-state index in [1.54, 1.807) is 35.0 Å². The molecule has 3 aromatic carbocycles. The number of aliphatic hydroxyl groups is 1. The Morgan fingerprint density at radius 2 is 1.88 bits per heavy atom. The molecule has 1 amide bonds. The van der Waals surface area contributed by atoms with Crippen LogP contribution in [0.2, 0.25) is 5.02 Å². The second-order valence-corrected chi connectivity index (χ2v) is 8.43. The molecule has 2 N–H and O–H groups in total. The number of benzene rings is 3. The van der Waals surface area contributed by atoms with Crippen LogP contribution in [0.25, 0.3) is 27.8 Å². The number of hydrogen-bond acceptors (Lipinski definition) is 3. The topological polar surface area (TPSA) is 67.2 Å². The SMILES string of the molecule is O=C(N[C@@H]1CCC[C@@H]1O)c1ccc2c(-c3ccccc3Cl)nn(-c3ccc(F)cc3)c2c1. The van der Waals surface area contributed by atoms with Crippen molar-refractivity contribution in [3.05, 3.63) is 83.1 Å². The molecule has 162 valence electrons. The van der Waals surface area contributed by atoms with E-state index in [1.807, 2.05) is 24.3 Å². The Hall–Kier alpha value is -3.22. The molecule has 1 aliphatic carbocycles. The van der Waals surface area contributed by atoms with Gasteiger partial charge in [0.1, 0.15) is 11.5 Å². The summed E-state index contributed by atoms with van der Waals surface area (Å²) in [6.45, 7) is 0. The summed E-state index contributed by atoms with van der Waals surface area (Å²) in [4.78, 5) is 12.9. The number of fused-ring (bicyclic) bond motifs is 1. The van der Waals surface area contributed by atoms with Gasteiger partial charge in [0.25, 0.3) is 5.91 Å². The molecule has 1 aliphatic rings. The molecule has 1 saturated carbocycles. The van der Waals surface area contributed by atoms with Gasteiger partial charge < -0.3 is 10.4 Å². The average molecular weight is 450 g/mol. The summed E-state index contributed by atoms with van der Waals surface area (Å²) in [7, 11) is 0. The van der Waals surface area contributed by atoms with Crippen molar-refractivity contribution in [1.29, 1.82) is 0 Å². The van der Waals surface area contributed by atoms with E-state index in [-0.39, 0.29) is 17.8 Å². The van der Waals surface area contributed by atoms with Crippen molar-refractivity contribution in [1.82, 2.24) is 15.1 Å². The standard InChI is InChI=1S/C25H21ClFN3O2/c26-20-5-2-1-4-18(20)24-19-13-8-15(25(32)28-21-6-3-7-23(21)31)14-22(19)30(29-24)17-11-9-16(27)10-12-17/h1-2,4-5,8-14,21,23,31H,3,6-7H2,(H,28,32)/t21-,23+/m1/s1. The number of carbonyl (C=O) groups excluding carboxylic acids is 1. The van der Waals surface area contributed by atoms with E-state index in [0.717, 1.165) is 23.8 Å². The largest absolute Gasteiger partial charge is 0.391 e. The van der Waals surface area contributed by atoms with Gasteiger partial charge in [0.15, 0.2) is 0 Å². The van der Waals surface area contributed by atoms with Gasteiger partial charge in [-0.15, -0.1) is 0 Å². The molecule has 0 radical (unpaired) electrons. The van der Waals surface area contributed by atoms with E-state index < -0.39 is 6.10 Å². The van der Waals surface area contributed by atoms with Crippen molar-refractivity contribution in [2.24, 2.45) is 0 Å². The number of carbonyl (C=O) groups is 1. The zero-order valence-corrected chi connectivity index (χ0v) is 17.9. The van der Waals surface area contributed by atoms with Crippen molar-refractivity contribution in [3.8, 4) is 16.9 Å². The Bertz CT molecular complexity index is 1300. The van der Waals surface area contributed by atoms with Crippen LogP contribution in [0.15, 0.2) is 66.7 Å². The maximum absolute atomic E-state index is 13.5. The summed E-state index contributed by atoms with van der Waals surface area (Å²) in [6, 6.07) is 18.6. The third kappa shape index (κ3) is 3.76. The van der Waals surface area contributed by atoms with Crippen LogP contribution in [-0.4, -0.2) is 32.9 Å². The van der Waals surface area contributed by atoms with Crippen LogP contribution in [0.5, 0.6) is 0 Å². The molecule has 5 nitrogen and oxygen atoms in total. The van der Waals surface area contributed by atoms with E-state index in [2.05, 4.69) is 5.32 Å². The van der Waals surface area contributed by atoms with Crippen LogP contribution in [0.3, 0.4) is 0 Å². The third-order valence-electron chi connectivity index (χ3n) is 5.94. The molecular formula is C25H21ClFN3O2. The van der Waals surface area contributed by atoms with Gasteiger partial charge >= 0.3 is 0 Å². The van der Waals surface area contributed by atoms with Crippen molar-refractivity contribution < 1.29 is 14.3 Å². The number of aliphatic hydroxyl groups excluding tert-OH is 1. The molecule has 1 aromatic heterocycles. The number of amides is 1. The summed E-state index contributed by atoms with van der Waals surface area (Å²) in [5, 5.41) is 19.1. The van der Waals surface area contributed by atoms with Crippen molar-refractivity contribution in [2.75, 3.05) is 0 Å². The molecule has 4 aromatic rings. The first-order valence-corrected chi connectivity index (χ1v) is 10.9. The molecule has 0 saturated heterocycles. The van der Waals surface area contributed by atoms with Gasteiger partial charge in [-0.05, 0) is 67.8 Å². The van der Waals surface area contributed by atoms with Gasteiger partial charge in [0.05, 0.1) is 28.4 Å². The fraction of sp³-hybridized carbons (Fsp3) is 0.200. The Labute approximate surface area is 189 Å². The van der Waals surface area contributed by atoms with Crippen LogP contribution in [0.4, 0.5) is 4.39 Å². The maximum Gasteiger partial charge on any atom is 0.251 e. The van der Waals surface area contributed by atoms with E-state index in [4.69, 9.17) is 16.7 Å². The van der Waals surface area contributed by atoms with Crippen LogP contribution in [-0.2, 0) is 0 Å². The zero-order valence-electron chi connectivity index (χ0n) is 17.1. The first kappa shape index (κ1) is 20.7. The summed E-state index contributed by atoms with van der Waals surface area (Å²) in [5.74, 6) is -0.587. The Kier molecular flexibility index (Phi) is 5.41. The molecule has 32 heavy (non-hydrogen) atoms. The van der Waals surface area contributed by atoms with Crippen LogP contribution < -0.4 is 5.32 Å². The maximum atomic E-state index is 13.5. The molecule has 1 fully saturated rings. The monoisotopic (exact) mass is 449 g/mol. The molecule has 0 spiro atoms. The molecule has 5 rings (SSSR count). The van der Waals surface area contributed by atoms with Gasteiger partial charge in [-0.25, -0.2) is 9.07 Å². The molecular weight excluding hydrogens is 429 g/mol. The minimum absolute atomic E-state index is 0.237. The number of hydrogen-bond donors (Lipinski definition) is 2. The van der Waals surface area contributed by atoms with Crippen molar-refractivity contribution >= 4 is 28.4 Å².